The van der Waals surface area contributed by atoms with E-state index in [2.05, 4.69) is 34.7 Å². The normalized spacial score (nSPS) is 18.3. The second kappa shape index (κ2) is 5.57. The van der Waals surface area contributed by atoms with E-state index in [4.69, 9.17) is 4.52 Å². The molecule has 1 unspecified atom stereocenters. The molecule has 1 aromatic heterocycles. The molecule has 0 saturated heterocycles. The number of benzene rings is 1. The lowest BCUT2D eigenvalue weighted by Gasteiger charge is -2.25. The maximum absolute atomic E-state index is 5.07. The van der Waals surface area contributed by atoms with Gasteiger partial charge in [-0.2, -0.15) is 0 Å². The van der Waals surface area contributed by atoms with E-state index >= 15 is 0 Å². The van der Waals surface area contributed by atoms with Gasteiger partial charge < -0.3 is 9.84 Å². The van der Waals surface area contributed by atoms with Gasteiger partial charge >= 0.3 is 0 Å². The molecule has 0 aliphatic heterocycles. The van der Waals surface area contributed by atoms with Crippen LogP contribution in [0.5, 0.6) is 0 Å². The van der Waals surface area contributed by atoms with Gasteiger partial charge in [-0.25, -0.2) is 0 Å². The van der Waals surface area contributed by atoms with Crippen molar-refractivity contribution in [2.75, 3.05) is 6.54 Å². The van der Waals surface area contributed by atoms with E-state index < -0.39 is 0 Å². The van der Waals surface area contributed by atoms with E-state index in [0.717, 1.165) is 24.5 Å². The van der Waals surface area contributed by atoms with E-state index in [-0.39, 0.29) is 0 Å². The fraction of sp³-hybridized carbons (Fsp3) is 0.438. The molecular formula is C16H20N2O. The zero-order chi connectivity index (χ0) is 13.1. The summed E-state index contributed by atoms with van der Waals surface area (Å²) < 4.78 is 5.07. The molecule has 0 radical (unpaired) electrons. The molecule has 2 aromatic rings. The monoisotopic (exact) mass is 256 g/mol. The Bertz CT molecular complexity index is 547. The summed E-state index contributed by atoms with van der Waals surface area (Å²) >= 11 is 0. The van der Waals surface area contributed by atoms with Gasteiger partial charge in [-0.15, -0.1) is 0 Å². The third kappa shape index (κ3) is 2.87. The van der Waals surface area contributed by atoms with Crippen molar-refractivity contribution in [1.29, 1.82) is 0 Å². The van der Waals surface area contributed by atoms with Crippen LogP contribution in [0.15, 0.2) is 34.9 Å². The summed E-state index contributed by atoms with van der Waals surface area (Å²) in [6.45, 7) is 3.73. The lowest BCUT2D eigenvalue weighted by Crippen LogP contribution is -2.24. The Morgan fingerprint density at radius 3 is 3.11 bits per heavy atom. The van der Waals surface area contributed by atoms with Gasteiger partial charge in [-0.05, 0) is 43.2 Å². The summed E-state index contributed by atoms with van der Waals surface area (Å²) in [5, 5.41) is 7.51. The van der Waals surface area contributed by atoms with Crippen molar-refractivity contribution in [2.45, 2.75) is 38.6 Å². The van der Waals surface area contributed by atoms with Gasteiger partial charge in [0.15, 0.2) is 0 Å². The highest BCUT2D eigenvalue weighted by Gasteiger charge is 2.19. The zero-order valence-corrected chi connectivity index (χ0v) is 11.4. The van der Waals surface area contributed by atoms with Crippen LogP contribution in [0.2, 0.25) is 0 Å². The van der Waals surface area contributed by atoms with Gasteiger partial charge in [0.2, 0.25) is 0 Å². The molecular weight excluding hydrogens is 236 g/mol. The quantitative estimate of drug-likeness (QED) is 0.913. The van der Waals surface area contributed by atoms with Gasteiger partial charge in [0, 0.05) is 19.2 Å². The van der Waals surface area contributed by atoms with Crippen molar-refractivity contribution >= 4 is 0 Å². The van der Waals surface area contributed by atoms with Crippen molar-refractivity contribution in [1.82, 2.24) is 10.5 Å². The Hall–Kier alpha value is -1.61. The van der Waals surface area contributed by atoms with Crippen LogP contribution >= 0.6 is 0 Å². The molecule has 3 nitrogen and oxygen atoms in total. The third-order valence-corrected chi connectivity index (χ3v) is 3.87. The van der Waals surface area contributed by atoms with Crippen LogP contribution in [-0.2, 0) is 13.0 Å². The Kier molecular flexibility index (Phi) is 3.65. The molecule has 0 saturated carbocycles. The van der Waals surface area contributed by atoms with Crippen molar-refractivity contribution in [3.8, 4) is 0 Å². The molecule has 0 amide bonds. The molecule has 0 bridgehead atoms. The van der Waals surface area contributed by atoms with Crippen LogP contribution < -0.4 is 5.32 Å². The fourth-order valence-electron chi connectivity index (χ4n) is 2.94. The Morgan fingerprint density at radius 2 is 2.26 bits per heavy atom. The maximum Gasteiger partial charge on any atom is 0.133 e. The maximum atomic E-state index is 5.07. The number of aromatic nitrogens is 1. The molecule has 1 aromatic carbocycles. The van der Waals surface area contributed by atoms with E-state index in [1.807, 2.05) is 13.0 Å². The number of aryl methyl sites for hydroxylation is 2. The second-order valence-corrected chi connectivity index (χ2v) is 5.35. The molecule has 3 heteroatoms. The minimum Gasteiger partial charge on any atom is -0.361 e. The molecule has 100 valence electrons. The molecule has 19 heavy (non-hydrogen) atoms. The van der Waals surface area contributed by atoms with E-state index in [0.29, 0.717) is 5.92 Å². The average Bonchev–Trinajstić information content (AvgIpc) is 2.85. The number of rotatable bonds is 4. The molecule has 1 N–H and O–H groups in total. The van der Waals surface area contributed by atoms with Gasteiger partial charge in [-0.1, -0.05) is 29.4 Å². The summed E-state index contributed by atoms with van der Waals surface area (Å²) in [6.07, 6.45) is 3.81. The molecule has 3 rings (SSSR count). The molecule has 1 aliphatic carbocycles. The predicted octanol–water partition coefficient (Wildman–Crippen LogP) is 3.19. The molecule has 0 spiro atoms. The van der Waals surface area contributed by atoms with Gasteiger partial charge in [0.25, 0.3) is 0 Å². The van der Waals surface area contributed by atoms with Crippen molar-refractivity contribution in [2.24, 2.45) is 0 Å². The van der Waals surface area contributed by atoms with E-state index in [1.165, 1.54) is 30.4 Å². The number of hydrogen-bond donors (Lipinski definition) is 1. The van der Waals surface area contributed by atoms with Crippen molar-refractivity contribution in [3.63, 3.8) is 0 Å². The second-order valence-electron chi connectivity index (χ2n) is 5.35. The lowest BCUT2D eigenvalue weighted by molar-refractivity contribution is 0.387. The number of nitrogens with zero attached hydrogens (tertiary/aromatic N) is 1. The first-order valence-corrected chi connectivity index (χ1v) is 7.03. The average molecular weight is 256 g/mol. The highest BCUT2D eigenvalue weighted by Crippen LogP contribution is 2.30. The first-order chi connectivity index (χ1) is 9.33. The van der Waals surface area contributed by atoms with Crippen LogP contribution in [-0.4, -0.2) is 11.7 Å². The minimum absolute atomic E-state index is 0.637. The highest BCUT2D eigenvalue weighted by atomic mass is 16.5. The Balaban J connectivity index is 1.59. The smallest absolute Gasteiger partial charge is 0.133 e. The fourth-order valence-corrected chi connectivity index (χ4v) is 2.94. The molecule has 1 atom stereocenters. The Morgan fingerprint density at radius 1 is 1.37 bits per heavy atom. The topological polar surface area (TPSA) is 38.1 Å². The van der Waals surface area contributed by atoms with Gasteiger partial charge in [0.1, 0.15) is 5.76 Å². The first-order valence-electron chi connectivity index (χ1n) is 7.03. The summed E-state index contributed by atoms with van der Waals surface area (Å²) in [5.41, 5.74) is 4.04. The number of nitrogens with one attached hydrogen (secondary N) is 1. The first kappa shape index (κ1) is 12.4. The SMILES string of the molecule is Cc1cc(CNCC2CCCc3ccccc32)no1. The van der Waals surface area contributed by atoms with Crippen LogP contribution in [0.1, 0.15) is 41.3 Å². The molecule has 0 fully saturated rings. The minimum atomic E-state index is 0.637. The molecule has 1 heterocycles. The Labute approximate surface area is 114 Å². The zero-order valence-electron chi connectivity index (χ0n) is 11.4. The predicted molar refractivity (Wildman–Crippen MR) is 75.1 cm³/mol. The van der Waals surface area contributed by atoms with Gasteiger partial charge in [-0.3, -0.25) is 0 Å². The van der Waals surface area contributed by atoms with Crippen LogP contribution in [0, 0.1) is 6.92 Å². The summed E-state index contributed by atoms with van der Waals surface area (Å²) in [7, 11) is 0. The summed E-state index contributed by atoms with van der Waals surface area (Å²) in [4.78, 5) is 0. The summed E-state index contributed by atoms with van der Waals surface area (Å²) in [5.74, 6) is 1.51. The lowest BCUT2D eigenvalue weighted by atomic mass is 9.83. The third-order valence-electron chi connectivity index (χ3n) is 3.87. The van der Waals surface area contributed by atoms with E-state index in [1.54, 1.807) is 0 Å². The van der Waals surface area contributed by atoms with E-state index in [9.17, 15) is 0 Å². The van der Waals surface area contributed by atoms with Crippen molar-refractivity contribution in [3.05, 3.63) is 52.9 Å². The van der Waals surface area contributed by atoms with Crippen LogP contribution in [0.3, 0.4) is 0 Å². The van der Waals surface area contributed by atoms with Crippen molar-refractivity contribution < 1.29 is 4.52 Å². The van der Waals surface area contributed by atoms with Crippen LogP contribution in [0.4, 0.5) is 0 Å². The number of fused-ring (bicyclic) bond motifs is 1. The van der Waals surface area contributed by atoms with Crippen LogP contribution in [0.25, 0.3) is 0 Å². The molecule has 1 aliphatic rings. The summed E-state index contributed by atoms with van der Waals surface area (Å²) in [6, 6.07) is 10.8. The largest absolute Gasteiger partial charge is 0.361 e. The highest BCUT2D eigenvalue weighted by molar-refractivity contribution is 5.32. The van der Waals surface area contributed by atoms with Gasteiger partial charge in [0.05, 0.1) is 5.69 Å². The number of hydrogen-bond acceptors (Lipinski definition) is 3. The standard InChI is InChI=1S/C16H20N2O/c1-12-9-15(18-19-12)11-17-10-14-7-4-6-13-5-2-3-8-16(13)14/h2-3,5,8-9,14,17H,4,6-7,10-11H2,1H3.